The number of anilines is 2. The number of urea groups is 1. The van der Waals surface area contributed by atoms with E-state index >= 15 is 0 Å². The topological polar surface area (TPSA) is 132 Å². The molecule has 2 heterocycles. The van der Waals surface area contributed by atoms with Crippen molar-refractivity contribution >= 4 is 28.5 Å². The molecule has 0 saturated heterocycles. The molecule has 4 rings (SSSR count). The van der Waals surface area contributed by atoms with Gasteiger partial charge in [-0.3, -0.25) is 5.32 Å². The van der Waals surface area contributed by atoms with Gasteiger partial charge in [-0.05, 0) is 32.0 Å². The Balaban J connectivity index is 1.49. The minimum atomic E-state index is -1.70. The summed E-state index contributed by atoms with van der Waals surface area (Å²) in [5.74, 6) is 0.789. The number of halogens is 1. The SMILES string of the molecule is COc1cc2ncnc(Oc3cccc(NC(=O)Nc4cc(C(C)(C)F)no4)c3)c2cc1O. The number of amides is 2. The molecule has 170 valence electrons. The Labute approximate surface area is 187 Å². The van der Waals surface area contributed by atoms with Crippen LogP contribution in [0.15, 0.2) is 53.3 Å². The summed E-state index contributed by atoms with van der Waals surface area (Å²) in [6.07, 6.45) is 1.33. The largest absolute Gasteiger partial charge is 0.504 e. The highest BCUT2D eigenvalue weighted by molar-refractivity contribution is 5.99. The van der Waals surface area contributed by atoms with Crippen molar-refractivity contribution in [3.05, 3.63) is 54.5 Å². The average Bonchev–Trinajstić information content (AvgIpc) is 3.23. The van der Waals surface area contributed by atoms with E-state index in [1.165, 1.54) is 39.4 Å². The third-order valence-electron chi connectivity index (χ3n) is 4.56. The second-order valence-corrected chi connectivity index (χ2v) is 7.48. The van der Waals surface area contributed by atoms with Gasteiger partial charge in [0, 0.05) is 23.9 Å². The summed E-state index contributed by atoms with van der Waals surface area (Å²) in [4.78, 5) is 20.6. The number of ether oxygens (including phenoxy) is 2. The van der Waals surface area contributed by atoms with E-state index in [0.717, 1.165) is 0 Å². The zero-order valence-electron chi connectivity index (χ0n) is 17.9. The number of nitrogens with one attached hydrogen (secondary N) is 2. The zero-order valence-corrected chi connectivity index (χ0v) is 17.9. The van der Waals surface area contributed by atoms with Gasteiger partial charge in [0.2, 0.25) is 11.8 Å². The molecule has 2 amide bonds. The highest BCUT2D eigenvalue weighted by atomic mass is 19.1. The Kier molecular flexibility index (Phi) is 5.69. The van der Waals surface area contributed by atoms with Gasteiger partial charge < -0.3 is 24.4 Å². The number of aromatic nitrogens is 3. The van der Waals surface area contributed by atoms with Gasteiger partial charge in [0.05, 0.1) is 18.0 Å². The van der Waals surface area contributed by atoms with Crippen molar-refractivity contribution in [3.8, 4) is 23.1 Å². The maximum absolute atomic E-state index is 13.9. The molecule has 10 nitrogen and oxygen atoms in total. The summed E-state index contributed by atoms with van der Waals surface area (Å²) in [6.45, 7) is 2.66. The molecule has 0 aliphatic heterocycles. The lowest BCUT2D eigenvalue weighted by atomic mass is 10.1. The van der Waals surface area contributed by atoms with Crippen LogP contribution >= 0.6 is 0 Å². The first kappa shape index (κ1) is 21.8. The molecular weight excluding hydrogens is 433 g/mol. The molecule has 0 radical (unpaired) electrons. The zero-order chi connectivity index (χ0) is 23.6. The lowest BCUT2D eigenvalue weighted by molar-refractivity contribution is 0.205. The van der Waals surface area contributed by atoms with Crippen molar-refractivity contribution in [2.45, 2.75) is 19.5 Å². The first-order valence-electron chi connectivity index (χ1n) is 9.76. The van der Waals surface area contributed by atoms with E-state index in [0.29, 0.717) is 22.3 Å². The van der Waals surface area contributed by atoms with Crippen molar-refractivity contribution < 1.29 is 28.3 Å². The monoisotopic (exact) mass is 453 g/mol. The van der Waals surface area contributed by atoms with E-state index in [1.54, 1.807) is 30.3 Å². The molecule has 2 aromatic heterocycles. The standard InChI is InChI=1S/C22H20FN5O5/c1-22(2,23)18-10-19(33-28-18)27-21(30)26-12-5-4-6-13(7-12)32-20-14-8-16(29)17(31-3)9-15(14)24-11-25-20/h4-11,29H,1-3H3,(H2,26,27,30). The molecule has 0 spiro atoms. The number of carbonyl (C=O) groups excluding carboxylic acids is 1. The van der Waals surface area contributed by atoms with Crippen LogP contribution in [0.4, 0.5) is 20.8 Å². The van der Waals surface area contributed by atoms with Gasteiger partial charge in [-0.25, -0.2) is 19.2 Å². The number of benzene rings is 2. The Bertz CT molecular complexity index is 1320. The second-order valence-electron chi connectivity index (χ2n) is 7.48. The fourth-order valence-corrected chi connectivity index (χ4v) is 2.93. The molecule has 0 saturated carbocycles. The van der Waals surface area contributed by atoms with Gasteiger partial charge >= 0.3 is 6.03 Å². The van der Waals surface area contributed by atoms with Gasteiger partial charge in [0.15, 0.2) is 17.2 Å². The first-order chi connectivity index (χ1) is 15.7. The average molecular weight is 453 g/mol. The van der Waals surface area contributed by atoms with E-state index in [2.05, 4.69) is 25.8 Å². The summed E-state index contributed by atoms with van der Waals surface area (Å²) in [7, 11) is 1.44. The van der Waals surface area contributed by atoms with Crippen LogP contribution in [-0.2, 0) is 5.67 Å². The van der Waals surface area contributed by atoms with Crippen molar-refractivity contribution in [2.75, 3.05) is 17.7 Å². The summed E-state index contributed by atoms with van der Waals surface area (Å²) in [6, 6.07) is 10.3. The van der Waals surface area contributed by atoms with Gasteiger partial charge in [-0.1, -0.05) is 11.2 Å². The number of alkyl halides is 1. The van der Waals surface area contributed by atoms with Crippen molar-refractivity contribution in [1.82, 2.24) is 15.1 Å². The number of nitrogens with zero attached hydrogens (tertiary/aromatic N) is 3. The Morgan fingerprint density at radius 3 is 2.70 bits per heavy atom. The third-order valence-corrected chi connectivity index (χ3v) is 4.56. The number of carbonyl (C=O) groups is 1. The second kappa shape index (κ2) is 8.61. The number of fused-ring (bicyclic) bond motifs is 1. The molecule has 0 bridgehead atoms. The van der Waals surface area contributed by atoms with Crippen LogP contribution in [0.1, 0.15) is 19.5 Å². The van der Waals surface area contributed by atoms with E-state index in [4.69, 9.17) is 14.0 Å². The highest BCUT2D eigenvalue weighted by Gasteiger charge is 2.24. The maximum atomic E-state index is 13.9. The van der Waals surface area contributed by atoms with Crippen molar-refractivity contribution in [2.24, 2.45) is 0 Å². The molecule has 0 aliphatic carbocycles. The molecular formula is C22H20FN5O5. The number of methoxy groups -OCH3 is 1. The fraction of sp³-hybridized carbons (Fsp3) is 0.182. The minimum absolute atomic E-state index is 0.00307. The summed E-state index contributed by atoms with van der Waals surface area (Å²) in [5, 5.41) is 19.2. The van der Waals surface area contributed by atoms with Crippen LogP contribution < -0.4 is 20.1 Å². The van der Waals surface area contributed by atoms with E-state index in [9.17, 15) is 14.3 Å². The Morgan fingerprint density at radius 2 is 1.97 bits per heavy atom. The van der Waals surface area contributed by atoms with Crippen LogP contribution in [0.3, 0.4) is 0 Å². The number of aromatic hydroxyl groups is 1. The van der Waals surface area contributed by atoms with Gasteiger partial charge in [0.1, 0.15) is 17.8 Å². The molecule has 11 heteroatoms. The minimum Gasteiger partial charge on any atom is -0.504 e. The molecule has 0 fully saturated rings. The fourth-order valence-electron chi connectivity index (χ4n) is 2.93. The van der Waals surface area contributed by atoms with Gasteiger partial charge in [0.25, 0.3) is 0 Å². The normalized spacial score (nSPS) is 11.3. The third kappa shape index (κ3) is 4.92. The number of phenols is 1. The molecule has 4 aromatic rings. The Morgan fingerprint density at radius 1 is 1.15 bits per heavy atom. The van der Waals surface area contributed by atoms with Crippen molar-refractivity contribution in [1.29, 1.82) is 0 Å². The van der Waals surface area contributed by atoms with Crippen LogP contribution in [0, 0.1) is 0 Å². The number of phenolic OH excluding ortho intramolecular Hbond substituents is 1. The summed E-state index contributed by atoms with van der Waals surface area (Å²) >= 11 is 0. The smallest absolute Gasteiger partial charge is 0.326 e. The lowest BCUT2D eigenvalue weighted by Gasteiger charge is -2.11. The number of hydrogen-bond acceptors (Lipinski definition) is 8. The first-order valence-corrected chi connectivity index (χ1v) is 9.76. The number of hydrogen-bond donors (Lipinski definition) is 3. The molecule has 0 unspecified atom stereocenters. The van der Waals surface area contributed by atoms with Crippen LogP contribution in [0.25, 0.3) is 10.9 Å². The van der Waals surface area contributed by atoms with Gasteiger partial charge in [-0.15, -0.1) is 0 Å². The molecule has 2 aromatic carbocycles. The molecule has 0 aliphatic rings. The van der Waals surface area contributed by atoms with Crippen LogP contribution in [0.2, 0.25) is 0 Å². The highest BCUT2D eigenvalue weighted by Crippen LogP contribution is 2.35. The number of rotatable bonds is 6. The van der Waals surface area contributed by atoms with E-state index in [1.807, 2.05) is 0 Å². The predicted octanol–water partition coefficient (Wildman–Crippen LogP) is 4.97. The lowest BCUT2D eigenvalue weighted by Crippen LogP contribution is -2.19. The maximum Gasteiger partial charge on any atom is 0.326 e. The van der Waals surface area contributed by atoms with Crippen LogP contribution in [-0.4, -0.2) is 33.4 Å². The Hall–Kier alpha value is -4.41. The van der Waals surface area contributed by atoms with E-state index in [-0.39, 0.29) is 29.0 Å². The molecule has 3 N–H and O–H groups in total. The quantitative estimate of drug-likeness (QED) is 0.373. The molecule has 0 atom stereocenters. The van der Waals surface area contributed by atoms with Crippen molar-refractivity contribution in [3.63, 3.8) is 0 Å². The van der Waals surface area contributed by atoms with Gasteiger partial charge in [-0.2, -0.15) is 0 Å². The summed E-state index contributed by atoms with van der Waals surface area (Å²) < 4.78 is 29.8. The predicted molar refractivity (Wildman–Crippen MR) is 118 cm³/mol. The summed E-state index contributed by atoms with van der Waals surface area (Å²) in [5.41, 5.74) is -0.697. The molecule has 33 heavy (non-hydrogen) atoms. The van der Waals surface area contributed by atoms with Crippen LogP contribution in [0.5, 0.6) is 23.1 Å². The van der Waals surface area contributed by atoms with E-state index < -0.39 is 11.7 Å².